The third kappa shape index (κ3) is 2.49. The number of rotatable bonds is 4. The Kier molecular flexibility index (Phi) is 3.69. The van der Waals surface area contributed by atoms with E-state index in [1.54, 1.807) is 23.0 Å². The summed E-state index contributed by atoms with van der Waals surface area (Å²) < 4.78 is 14.8. The molecule has 1 aliphatic rings. The molecule has 0 fully saturated rings. The summed E-state index contributed by atoms with van der Waals surface area (Å²) in [5.74, 6) is 0.00415. The molecular formula is C18H19FN2O. The molecule has 3 rings (SSSR count). The molecule has 0 saturated carbocycles. The average Bonchev–Trinajstić information content (AvgIpc) is 2.91. The molecule has 1 aromatic heterocycles. The largest absolute Gasteiger partial charge is 0.299 e. The SMILES string of the molecule is CCCC(=O)[C@]1(C)C=Cc2c(cnn2-c2ccc(F)cc2)C1. The van der Waals surface area contributed by atoms with Crippen molar-refractivity contribution >= 4 is 11.9 Å². The third-order valence-corrected chi connectivity index (χ3v) is 4.24. The van der Waals surface area contributed by atoms with Gasteiger partial charge in [-0.05, 0) is 55.7 Å². The maximum atomic E-state index is 13.0. The van der Waals surface area contributed by atoms with Crippen molar-refractivity contribution in [2.45, 2.75) is 33.1 Å². The van der Waals surface area contributed by atoms with Crippen LogP contribution < -0.4 is 0 Å². The van der Waals surface area contributed by atoms with E-state index in [0.717, 1.165) is 23.4 Å². The Hall–Kier alpha value is -2.23. The Labute approximate surface area is 129 Å². The molecule has 0 amide bonds. The Morgan fingerprint density at radius 2 is 2.09 bits per heavy atom. The van der Waals surface area contributed by atoms with E-state index in [2.05, 4.69) is 5.10 Å². The summed E-state index contributed by atoms with van der Waals surface area (Å²) in [7, 11) is 0. The normalized spacial score (nSPS) is 20.0. The van der Waals surface area contributed by atoms with Crippen LogP contribution in [-0.2, 0) is 11.2 Å². The maximum absolute atomic E-state index is 13.0. The first kappa shape index (κ1) is 14.7. The minimum Gasteiger partial charge on any atom is -0.299 e. The summed E-state index contributed by atoms with van der Waals surface area (Å²) in [6, 6.07) is 6.24. The third-order valence-electron chi connectivity index (χ3n) is 4.24. The van der Waals surface area contributed by atoms with Crippen LogP contribution in [0.2, 0.25) is 0 Å². The number of hydrogen-bond acceptors (Lipinski definition) is 2. The van der Waals surface area contributed by atoms with E-state index in [9.17, 15) is 9.18 Å². The van der Waals surface area contributed by atoms with Crippen molar-refractivity contribution in [2.24, 2.45) is 5.41 Å². The molecule has 0 radical (unpaired) electrons. The number of carbonyl (C=O) groups is 1. The van der Waals surface area contributed by atoms with Crippen LogP contribution in [0, 0.1) is 11.2 Å². The lowest BCUT2D eigenvalue weighted by molar-refractivity contribution is -0.125. The zero-order chi connectivity index (χ0) is 15.7. The highest BCUT2D eigenvalue weighted by Gasteiger charge is 2.34. The summed E-state index contributed by atoms with van der Waals surface area (Å²) in [6.45, 7) is 4.01. The van der Waals surface area contributed by atoms with Crippen molar-refractivity contribution in [1.29, 1.82) is 0 Å². The van der Waals surface area contributed by atoms with Gasteiger partial charge in [0.25, 0.3) is 0 Å². The second-order valence-corrected chi connectivity index (χ2v) is 6.04. The number of halogens is 1. The van der Waals surface area contributed by atoms with Gasteiger partial charge in [0.15, 0.2) is 0 Å². The van der Waals surface area contributed by atoms with Crippen LogP contribution in [0.1, 0.15) is 37.9 Å². The molecule has 4 heteroatoms. The molecule has 0 bridgehead atoms. The Balaban J connectivity index is 1.94. The lowest BCUT2D eigenvalue weighted by Gasteiger charge is -2.27. The number of benzene rings is 1. The van der Waals surface area contributed by atoms with Crippen LogP contribution in [-0.4, -0.2) is 15.6 Å². The van der Waals surface area contributed by atoms with Gasteiger partial charge in [0.05, 0.1) is 17.6 Å². The van der Waals surface area contributed by atoms with Crippen molar-refractivity contribution in [3.63, 3.8) is 0 Å². The predicted octanol–water partition coefficient (Wildman–Crippen LogP) is 3.96. The number of fused-ring (bicyclic) bond motifs is 1. The zero-order valence-electron chi connectivity index (χ0n) is 12.8. The van der Waals surface area contributed by atoms with Crippen LogP contribution in [0.15, 0.2) is 36.5 Å². The van der Waals surface area contributed by atoms with Gasteiger partial charge in [0.1, 0.15) is 11.6 Å². The van der Waals surface area contributed by atoms with E-state index in [1.807, 2.05) is 26.0 Å². The van der Waals surface area contributed by atoms with Crippen molar-refractivity contribution < 1.29 is 9.18 Å². The topological polar surface area (TPSA) is 34.9 Å². The van der Waals surface area contributed by atoms with Crippen molar-refractivity contribution in [1.82, 2.24) is 9.78 Å². The lowest BCUT2D eigenvalue weighted by Crippen LogP contribution is -2.30. The molecule has 2 aromatic rings. The van der Waals surface area contributed by atoms with Crippen molar-refractivity contribution in [2.75, 3.05) is 0 Å². The summed E-state index contributed by atoms with van der Waals surface area (Å²) in [5.41, 5.74) is 2.39. The van der Waals surface area contributed by atoms with Gasteiger partial charge in [-0.3, -0.25) is 4.79 Å². The molecule has 1 aromatic carbocycles. The molecule has 3 nitrogen and oxygen atoms in total. The van der Waals surface area contributed by atoms with Crippen LogP contribution in [0.3, 0.4) is 0 Å². The monoisotopic (exact) mass is 298 g/mol. The molecule has 0 N–H and O–H groups in total. The van der Waals surface area contributed by atoms with Gasteiger partial charge in [-0.15, -0.1) is 0 Å². The molecule has 0 unspecified atom stereocenters. The minimum atomic E-state index is -0.445. The number of allylic oxidation sites excluding steroid dienone is 1. The van der Waals surface area contributed by atoms with E-state index in [0.29, 0.717) is 12.8 Å². The van der Waals surface area contributed by atoms with Gasteiger partial charge in [0, 0.05) is 11.8 Å². The number of hydrogen-bond donors (Lipinski definition) is 0. The first-order chi connectivity index (χ1) is 10.5. The smallest absolute Gasteiger partial charge is 0.142 e. The van der Waals surface area contributed by atoms with Crippen molar-refractivity contribution in [3.05, 3.63) is 53.6 Å². The highest BCUT2D eigenvalue weighted by atomic mass is 19.1. The fourth-order valence-corrected chi connectivity index (χ4v) is 2.92. The van der Waals surface area contributed by atoms with Crippen LogP contribution in [0.25, 0.3) is 11.8 Å². The molecule has 1 aliphatic carbocycles. The summed E-state index contributed by atoms with van der Waals surface area (Å²) in [6.07, 6.45) is 7.88. The molecular weight excluding hydrogens is 279 g/mol. The van der Waals surface area contributed by atoms with E-state index in [-0.39, 0.29) is 11.6 Å². The predicted molar refractivity (Wildman–Crippen MR) is 84.3 cm³/mol. The van der Waals surface area contributed by atoms with Crippen LogP contribution in [0.5, 0.6) is 0 Å². The second kappa shape index (κ2) is 5.52. The molecule has 0 aliphatic heterocycles. The van der Waals surface area contributed by atoms with Gasteiger partial charge in [-0.2, -0.15) is 5.10 Å². The van der Waals surface area contributed by atoms with Gasteiger partial charge < -0.3 is 0 Å². The number of aromatic nitrogens is 2. The highest BCUT2D eigenvalue weighted by Crippen LogP contribution is 2.35. The molecule has 22 heavy (non-hydrogen) atoms. The van der Waals surface area contributed by atoms with Gasteiger partial charge in [-0.1, -0.05) is 13.0 Å². The molecule has 0 saturated heterocycles. The van der Waals surface area contributed by atoms with E-state index in [4.69, 9.17) is 0 Å². The Morgan fingerprint density at radius 1 is 1.36 bits per heavy atom. The van der Waals surface area contributed by atoms with Crippen molar-refractivity contribution in [3.8, 4) is 5.69 Å². The Bertz CT molecular complexity index is 730. The van der Waals surface area contributed by atoms with E-state index < -0.39 is 5.41 Å². The summed E-state index contributed by atoms with van der Waals surface area (Å²) in [5, 5.41) is 4.40. The zero-order valence-corrected chi connectivity index (χ0v) is 12.8. The molecule has 114 valence electrons. The maximum Gasteiger partial charge on any atom is 0.142 e. The second-order valence-electron chi connectivity index (χ2n) is 6.04. The number of nitrogens with zero attached hydrogens (tertiary/aromatic N) is 2. The number of ketones is 1. The fourth-order valence-electron chi connectivity index (χ4n) is 2.92. The fraction of sp³-hybridized carbons (Fsp3) is 0.333. The lowest BCUT2D eigenvalue weighted by atomic mass is 9.75. The first-order valence-corrected chi connectivity index (χ1v) is 7.59. The number of carbonyl (C=O) groups excluding carboxylic acids is 1. The minimum absolute atomic E-state index is 0.266. The van der Waals surface area contributed by atoms with Crippen LogP contribution in [0.4, 0.5) is 4.39 Å². The first-order valence-electron chi connectivity index (χ1n) is 7.59. The highest BCUT2D eigenvalue weighted by molar-refractivity contribution is 5.88. The van der Waals surface area contributed by atoms with Crippen LogP contribution >= 0.6 is 0 Å². The standard InChI is InChI=1S/C18H19FN2O/c1-3-4-17(22)18(2)10-9-16-13(11-18)12-20-21(16)15-7-5-14(19)6-8-15/h5-10,12H,3-4,11H2,1-2H3/t18-/m1/s1. The Morgan fingerprint density at radius 3 is 2.77 bits per heavy atom. The number of Topliss-reactive ketones (excluding diaryl/α,β-unsaturated/α-hetero) is 1. The average molecular weight is 298 g/mol. The molecule has 0 spiro atoms. The van der Waals surface area contributed by atoms with E-state index in [1.165, 1.54) is 12.1 Å². The summed E-state index contributed by atoms with van der Waals surface area (Å²) >= 11 is 0. The van der Waals surface area contributed by atoms with Gasteiger partial charge in [0.2, 0.25) is 0 Å². The quantitative estimate of drug-likeness (QED) is 0.856. The molecule has 1 heterocycles. The summed E-state index contributed by atoms with van der Waals surface area (Å²) in [4.78, 5) is 12.3. The molecule has 1 atom stereocenters. The van der Waals surface area contributed by atoms with Gasteiger partial charge >= 0.3 is 0 Å². The van der Waals surface area contributed by atoms with Gasteiger partial charge in [-0.25, -0.2) is 9.07 Å². The van der Waals surface area contributed by atoms with E-state index >= 15 is 0 Å².